The second-order valence-electron chi connectivity index (χ2n) is 5.28. The summed E-state index contributed by atoms with van der Waals surface area (Å²) in [5.41, 5.74) is 7.85. The van der Waals surface area contributed by atoms with E-state index in [1.54, 1.807) is 22.3 Å². The number of hydrogen-bond donors (Lipinski definition) is 1. The minimum Gasteiger partial charge on any atom is -0.361 e. The molecular formula is C16H21N. The Balaban J connectivity index is 2.23. The predicted octanol–water partition coefficient (Wildman–Crippen LogP) is 4.31. The molecule has 17 heavy (non-hydrogen) atoms. The van der Waals surface area contributed by atoms with E-state index in [1.807, 2.05) is 0 Å². The molecular weight excluding hydrogens is 206 g/mol. The Labute approximate surface area is 103 Å². The summed E-state index contributed by atoms with van der Waals surface area (Å²) in [7, 11) is 0. The van der Waals surface area contributed by atoms with Gasteiger partial charge in [0.2, 0.25) is 0 Å². The Morgan fingerprint density at radius 1 is 1.24 bits per heavy atom. The highest BCUT2D eigenvalue weighted by molar-refractivity contribution is 5.89. The summed E-state index contributed by atoms with van der Waals surface area (Å²) in [5, 5.41) is 1.48. The molecule has 0 unspecified atom stereocenters. The van der Waals surface area contributed by atoms with Gasteiger partial charge in [-0.15, -0.1) is 0 Å². The molecule has 0 saturated carbocycles. The molecule has 90 valence electrons. The molecule has 3 rings (SSSR count). The predicted molar refractivity (Wildman–Crippen MR) is 73.7 cm³/mol. The average Bonchev–Trinajstić information content (AvgIpc) is 2.96. The van der Waals surface area contributed by atoms with Crippen molar-refractivity contribution in [2.75, 3.05) is 0 Å². The van der Waals surface area contributed by atoms with Crippen molar-refractivity contribution in [3.63, 3.8) is 0 Å². The molecule has 1 aliphatic carbocycles. The number of benzene rings is 1. The molecule has 0 saturated heterocycles. The Hall–Kier alpha value is -1.24. The summed E-state index contributed by atoms with van der Waals surface area (Å²) in [6.07, 6.45) is 9.82. The van der Waals surface area contributed by atoms with Crippen LogP contribution >= 0.6 is 0 Å². The molecule has 1 aromatic carbocycles. The molecule has 0 bridgehead atoms. The highest BCUT2D eigenvalue weighted by Crippen LogP contribution is 2.35. The summed E-state index contributed by atoms with van der Waals surface area (Å²) < 4.78 is 0. The van der Waals surface area contributed by atoms with Gasteiger partial charge in [-0.2, -0.15) is 0 Å². The first-order valence-corrected chi connectivity index (χ1v) is 6.93. The van der Waals surface area contributed by atoms with Gasteiger partial charge < -0.3 is 4.98 Å². The monoisotopic (exact) mass is 227 g/mol. The van der Waals surface area contributed by atoms with Crippen molar-refractivity contribution < 1.29 is 0 Å². The Morgan fingerprint density at radius 3 is 2.88 bits per heavy atom. The number of aromatic amines is 1. The van der Waals surface area contributed by atoms with E-state index in [9.17, 15) is 0 Å². The van der Waals surface area contributed by atoms with Crippen LogP contribution in [0.3, 0.4) is 0 Å². The number of nitrogens with one attached hydrogen (secondary N) is 1. The number of rotatable bonds is 3. The maximum absolute atomic E-state index is 3.46. The fraction of sp³-hybridized carbons (Fsp3) is 0.500. The number of fused-ring (bicyclic) bond motifs is 3. The van der Waals surface area contributed by atoms with E-state index in [1.165, 1.54) is 49.4 Å². The molecule has 0 spiro atoms. The van der Waals surface area contributed by atoms with Gasteiger partial charge in [-0.3, -0.25) is 0 Å². The van der Waals surface area contributed by atoms with E-state index < -0.39 is 0 Å². The minimum absolute atomic E-state index is 1.24. The lowest BCUT2D eigenvalue weighted by atomic mass is 9.92. The fourth-order valence-electron chi connectivity index (χ4n) is 3.36. The van der Waals surface area contributed by atoms with Crippen LogP contribution in [0.15, 0.2) is 12.3 Å². The van der Waals surface area contributed by atoms with E-state index >= 15 is 0 Å². The largest absolute Gasteiger partial charge is 0.361 e. The first-order valence-electron chi connectivity index (χ1n) is 6.93. The number of aryl methyl sites for hydroxylation is 2. The van der Waals surface area contributed by atoms with Gasteiger partial charge in [-0.1, -0.05) is 13.3 Å². The highest BCUT2D eigenvalue weighted by atomic mass is 14.7. The summed E-state index contributed by atoms with van der Waals surface area (Å²) in [6, 6.07) is 2.27. The molecule has 1 heterocycles. The third-order valence-corrected chi connectivity index (χ3v) is 4.28. The van der Waals surface area contributed by atoms with Crippen molar-refractivity contribution in [3.05, 3.63) is 34.5 Å². The molecule has 0 amide bonds. The maximum Gasteiger partial charge on any atom is 0.0492 e. The van der Waals surface area contributed by atoms with Gasteiger partial charge in [0.15, 0.2) is 0 Å². The van der Waals surface area contributed by atoms with Gasteiger partial charge in [0, 0.05) is 17.1 Å². The van der Waals surface area contributed by atoms with Crippen LogP contribution in [0, 0.1) is 6.92 Å². The summed E-state index contributed by atoms with van der Waals surface area (Å²) in [4.78, 5) is 3.46. The number of H-pyrrole nitrogens is 1. The molecule has 1 aromatic heterocycles. The zero-order valence-electron chi connectivity index (χ0n) is 10.9. The number of unbranched alkanes of at least 4 members (excludes halogenated alkanes) is 1. The second-order valence-corrected chi connectivity index (χ2v) is 5.28. The Morgan fingerprint density at radius 2 is 2.06 bits per heavy atom. The zero-order valence-corrected chi connectivity index (χ0v) is 10.9. The maximum atomic E-state index is 3.46. The molecule has 0 radical (unpaired) electrons. The standard InChI is InChI=1S/C16H21N/c1-3-4-6-12-11(2)13-7-5-8-14(13)16-15(12)9-10-17-16/h9-10,17H,3-8H2,1-2H3. The normalized spacial score (nSPS) is 14.5. The van der Waals surface area contributed by atoms with Crippen molar-refractivity contribution in [2.24, 2.45) is 0 Å². The van der Waals surface area contributed by atoms with Crippen LogP contribution in [-0.2, 0) is 19.3 Å². The SMILES string of the molecule is CCCCc1c(C)c2c(c3[nH]ccc13)CCC2. The van der Waals surface area contributed by atoms with E-state index in [0.717, 1.165) is 0 Å². The third kappa shape index (κ3) is 1.60. The van der Waals surface area contributed by atoms with Crippen molar-refractivity contribution in [2.45, 2.75) is 52.4 Å². The van der Waals surface area contributed by atoms with Gasteiger partial charge in [0.1, 0.15) is 0 Å². The smallest absolute Gasteiger partial charge is 0.0492 e. The van der Waals surface area contributed by atoms with Gasteiger partial charge in [0.25, 0.3) is 0 Å². The zero-order chi connectivity index (χ0) is 11.8. The summed E-state index contributed by atoms with van der Waals surface area (Å²) in [6.45, 7) is 4.61. The summed E-state index contributed by atoms with van der Waals surface area (Å²) in [5.74, 6) is 0. The van der Waals surface area contributed by atoms with Crippen LogP contribution in [0.1, 0.15) is 48.4 Å². The van der Waals surface area contributed by atoms with Gasteiger partial charge >= 0.3 is 0 Å². The van der Waals surface area contributed by atoms with Crippen LogP contribution in [-0.4, -0.2) is 4.98 Å². The lowest BCUT2D eigenvalue weighted by molar-refractivity contribution is 0.794. The van der Waals surface area contributed by atoms with E-state index in [-0.39, 0.29) is 0 Å². The minimum atomic E-state index is 1.24. The summed E-state index contributed by atoms with van der Waals surface area (Å²) >= 11 is 0. The molecule has 0 aliphatic heterocycles. The van der Waals surface area contributed by atoms with Crippen molar-refractivity contribution in [1.29, 1.82) is 0 Å². The molecule has 2 aromatic rings. The lowest BCUT2D eigenvalue weighted by Crippen LogP contribution is -1.98. The number of hydrogen-bond acceptors (Lipinski definition) is 0. The Bertz CT molecular complexity index is 548. The van der Waals surface area contributed by atoms with Crippen LogP contribution in [0.5, 0.6) is 0 Å². The molecule has 1 nitrogen and oxygen atoms in total. The quantitative estimate of drug-likeness (QED) is 0.804. The van der Waals surface area contributed by atoms with Crippen LogP contribution in [0.4, 0.5) is 0 Å². The first kappa shape index (κ1) is 10.9. The van der Waals surface area contributed by atoms with Gasteiger partial charge in [-0.25, -0.2) is 0 Å². The molecule has 1 N–H and O–H groups in total. The van der Waals surface area contributed by atoms with Crippen molar-refractivity contribution in [1.82, 2.24) is 4.98 Å². The van der Waals surface area contributed by atoms with Gasteiger partial charge in [-0.05, 0) is 67.3 Å². The van der Waals surface area contributed by atoms with Crippen molar-refractivity contribution >= 4 is 10.9 Å². The van der Waals surface area contributed by atoms with E-state index in [2.05, 4.69) is 31.1 Å². The Kier molecular flexibility index (Phi) is 2.70. The molecule has 0 atom stereocenters. The molecule has 0 fully saturated rings. The van der Waals surface area contributed by atoms with E-state index in [0.29, 0.717) is 0 Å². The average molecular weight is 227 g/mol. The second kappa shape index (κ2) is 4.21. The van der Waals surface area contributed by atoms with Crippen LogP contribution < -0.4 is 0 Å². The number of aromatic nitrogens is 1. The first-order chi connectivity index (χ1) is 8.33. The molecule has 1 heteroatoms. The van der Waals surface area contributed by atoms with Crippen LogP contribution in [0.2, 0.25) is 0 Å². The van der Waals surface area contributed by atoms with Crippen LogP contribution in [0.25, 0.3) is 10.9 Å². The fourth-order valence-corrected chi connectivity index (χ4v) is 3.36. The molecule has 1 aliphatic rings. The highest BCUT2D eigenvalue weighted by Gasteiger charge is 2.20. The van der Waals surface area contributed by atoms with Crippen molar-refractivity contribution in [3.8, 4) is 0 Å². The lowest BCUT2D eigenvalue weighted by Gasteiger charge is -2.13. The third-order valence-electron chi connectivity index (χ3n) is 4.28. The van der Waals surface area contributed by atoms with E-state index in [4.69, 9.17) is 0 Å². The van der Waals surface area contributed by atoms with Gasteiger partial charge in [0.05, 0.1) is 0 Å². The topological polar surface area (TPSA) is 15.8 Å².